The highest BCUT2D eigenvalue weighted by Crippen LogP contribution is 2.24. The molecule has 0 radical (unpaired) electrons. The van der Waals surface area contributed by atoms with Gasteiger partial charge in [-0.05, 0) is 54.5 Å². The number of esters is 1. The summed E-state index contributed by atoms with van der Waals surface area (Å²) in [4.78, 5) is 24.5. The van der Waals surface area contributed by atoms with Gasteiger partial charge in [0, 0.05) is 0 Å². The zero-order valence-electron chi connectivity index (χ0n) is 16.4. The first-order valence-corrected chi connectivity index (χ1v) is 10.0. The number of aromatic nitrogens is 4. The van der Waals surface area contributed by atoms with Crippen LogP contribution in [0.25, 0.3) is 5.69 Å². The summed E-state index contributed by atoms with van der Waals surface area (Å²) >= 11 is 1.22. The van der Waals surface area contributed by atoms with Crippen LogP contribution in [0.5, 0.6) is 0 Å². The maximum atomic E-state index is 12.5. The second kappa shape index (κ2) is 9.33. The number of thioether (sulfide) groups is 1. The van der Waals surface area contributed by atoms with Crippen LogP contribution in [0.2, 0.25) is 0 Å². The Labute approximate surface area is 172 Å². The quantitative estimate of drug-likeness (QED) is 0.471. The number of anilines is 1. The molecule has 0 aliphatic heterocycles. The number of rotatable bonds is 7. The number of nitrogens with one attached hydrogen (secondary N) is 1. The number of hydrogen-bond donors (Lipinski definition) is 1. The molecule has 3 rings (SSSR count). The Bertz CT molecular complexity index is 1010. The first-order valence-electron chi connectivity index (χ1n) is 9.05. The van der Waals surface area contributed by atoms with Gasteiger partial charge in [0.1, 0.15) is 0 Å². The summed E-state index contributed by atoms with van der Waals surface area (Å²) in [6, 6.07) is 12.7. The van der Waals surface area contributed by atoms with Crippen LogP contribution in [0.1, 0.15) is 28.4 Å². The molecule has 8 nitrogen and oxygen atoms in total. The highest BCUT2D eigenvalue weighted by molar-refractivity contribution is 7.99. The Hall–Kier alpha value is -3.20. The average Bonchev–Trinajstić information content (AvgIpc) is 3.15. The Balaban J connectivity index is 1.71. The Morgan fingerprint density at radius 1 is 1.10 bits per heavy atom. The van der Waals surface area contributed by atoms with E-state index in [0.717, 1.165) is 16.8 Å². The van der Waals surface area contributed by atoms with Gasteiger partial charge < -0.3 is 10.1 Å². The van der Waals surface area contributed by atoms with Gasteiger partial charge in [-0.3, -0.25) is 4.79 Å². The Morgan fingerprint density at radius 3 is 2.55 bits per heavy atom. The third-order valence-corrected chi connectivity index (χ3v) is 5.04. The maximum Gasteiger partial charge on any atom is 0.340 e. The lowest BCUT2D eigenvalue weighted by Crippen LogP contribution is -2.18. The third-order valence-electron chi connectivity index (χ3n) is 4.12. The second-order valence-electron chi connectivity index (χ2n) is 6.22. The Morgan fingerprint density at radius 2 is 1.83 bits per heavy atom. The topological polar surface area (TPSA) is 99.0 Å². The number of hydrogen-bond acceptors (Lipinski definition) is 7. The molecule has 1 heterocycles. The molecule has 1 amide bonds. The van der Waals surface area contributed by atoms with Crippen LogP contribution >= 0.6 is 11.8 Å². The molecule has 0 spiro atoms. The highest BCUT2D eigenvalue weighted by Gasteiger charge is 2.17. The van der Waals surface area contributed by atoms with Gasteiger partial charge in [-0.25, -0.2) is 4.79 Å². The van der Waals surface area contributed by atoms with Crippen LogP contribution in [0, 0.1) is 13.8 Å². The molecule has 0 fully saturated rings. The molecule has 0 saturated carbocycles. The summed E-state index contributed by atoms with van der Waals surface area (Å²) in [7, 11) is 0. The molecule has 0 aliphatic rings. The molecule has 9 heteroatoms. The summed E-state index contributed by atoms with van der Waals surface area (Å²) in [5, 5.41) is 15.1. The number of aryl methyl sites for hydroxylation is 2. The van der Waals surface area contributed by atoms with Crippen molar-refractivity contribution in [2.75, 3.05) is 17.7 Å². The van der Waals surface area contributed by atoms with E-state index in [1.165, 1.54) is 11.8 Å². The molecule has 29 heavy (non-hydrogen) atoms. The maximum absolute atomic E-state index is 12.5. The standard InChI is InChI=1S/C20H21N5O3S/c1-4-28-19(27)15-10-5-6-11-16(15)21-17(26)12-29-20-22-23-24-25(20)18-13(2)8-7-9-14(18)3/h5-11H,4,12H2,1-3H3,(H,21,26). The molecule has 3 aromatic rings. The van der Waals surface area contributed by atoms with Gasteiger partial charge in [0.15, 0.2) is 0 Å². The summed E-state index contributed by atoms with van der Waals surface area (Å²) in [5.74, 6) is -0.666. The smallest absolute Gasteiger partial charge is 0.340 e. The zero-order valence-corrected chi connectivity index (χ0v) is 17.2. The van der Waals surface area contributed by atoms with E-state index < -0.39 is 5.97 Å². The molecule has 0 unspecified atom stereocenters. The lowest BCUT2D eigenvalue weighted by molar-refractivity contribution is -0.113. The predicted molar refractivity (Wildman–Crippen MR) is 110 cm³/mol. The fourth-order valence-corrected chi connectivity index (χ4v) is 3.52. The number of tetrazole rings is 1. The number of carbonyl (C=O) groups is 2. The van der Waals surface area contributed by atoms with Crippen LogP contribution in [0.15, 0.2) is 47.6 Å². The Kier molecular flexibility index (Phi) is 6.61. The van der Waals surface area contributed by atoms with Gasteiger partial charge in [0.25, 0.3) is 0 Å². The average molecular weight is 411 g/mol. The molecule has 0 saturated heterocycles. The van der Waals surface area contributed by atoms with Crippen molar-refractivity contribution in [2.24, 2.45) is 0 Å². The first-order chi connectivity index (χ1) is 14.0. The van der Waals surface area contributed by atoms with E-state index in [1.807, 2.05) is 32.0 Å². The van der Waals surface area contributed by atoms with Gasteiger partial charge in [-0.15, -0.1) is 5.10 Å². The van der Waals surface area contributed by atoms with Crippen molar-refractivity contribution >= 4 is 29.3 Å². The SMILES string of the molecule is CCOC(=O)c1ccccc1NC(=O)CSc1nnnn1-c1c(C)cccc1C. The van der Waals surface area contributed by atoms with Crippen molar-refractivity contribution in [3.63, 3.8) is 0 Å². The summed E-state index contributed by atoms with van der Waals surface area (Å²) in [6.45, 7) is 5.96. The highest BCUT2D eigenvalue weighted by atomic mass is 32.2. The van der Waals surface area contributed by atoms with E-state index >= 15 is 0 Å². The lowest BCUT2D eigenvalue weighted by atomic mass is 10.1. The fourth-order valence-electron chi connectivity index (χ4n) is 2.84. The molecule has 0 bridgehead atoms. The number of benzene rings is 2. The third kappa shape index (κ3) is 4.80. The van der Waals surface area contributed by atoms with Crippen LogP contribution in [-0.4, -0.2) is 44.4 Å². The largest absolute Gasteiger partial charge is 0.462 e. The molecular weight excluding hydrogens is 390 g/mol. The van der Waals surface area contributed by atoms with Crippen LogP contribution < -0.4 is 5.32 Å². The number of ether oxygens (including phenoxy) is 1. The minimum absolute atomic E-state index is 0.0858. The molecule has 2 aromatic carbocycles. The minimum Gasteiger partial charge on any atom is -0.462 e. The molecular formula is C20H21N5O3S. The summed E-state index contributed by atoms with van der Waals surface area (Å²) in [5.41, 5.74) is 3.69. The van der Waals surface area contributed by atoms with Crippen molar-refractivity contribution in [3.8, 4) is 5.69 Å². The van der Waals surface area contributed by atoms with E-state index in [9.17, 15) is 9.59 Å². The van der Waals surface area contributed by atoms with E-state index in [0.29, 0.717) is 16.4 Å². The monoisotopic (exact) mass is 411 g/mol. The van der Waals surface area contributed by atoms with Crippen molar-refractivity contribution < 1.29 is 14.3 Å². The van der Waals surface area contributed by atoms with Gasteiger partial charge in [0.2, 0.25) is 11.1 Å². The van der Waals surface area contributed by atoms with E-state index in [1.54, 1.807) is 35.9 Å². The number of carbonyl (C=O) groups excluding carboxylic acids is 2. The molecule has 0 aliphatic carbocycles. The van der Waals surface area contributed by atoms with Gasteiger partial charge in [0.05, 0.1) is 29.3 Å². The van der Waals surface area contributed by atoms with E-state index in [4.69, 9.17) is 4.74 Å². The number of nitrogens with zero attached hydrogens (tertiary/aromatic N) is 4. The lowest BCUT2D eigenvalue weighted by Gasteiger charge is -2.11. The first kappa shape index (κ1) is 20.5. The predicted octanol–water partition coefficient (Wildman–Crippen LogP) is 3.19. The molecule has 1 aromatic heterocycles. The number of amides is 1. The van der Waals surface area contributed by atoms with Crippen LogP contribution in [0.4, 0.5) is 5.69 Å². The van der Waals surface area contributed by atoms with Crippen molar-refractivity contribution in [1.82, 2.24) is 20.2 Å². The van der Waals surface area contributed by atoms with Crippen molar-refractivity contribution in [2.45, 2.75) is 25.9 Å². The van der Waals surface area contributed by atoms with Crippen molar-refractivity contribution in [3.05, 3.63) is 59.2 Å². The summed E-state index contributed by atoms with van der Waals surface area (Å²) < 4.78 is 6.66. The van der Waals surface area contributed by atoms with Gasteiger partial charge in [-0.1, -0.05) is 42.1 Å². The van der Waals surface area contributed by atoms with Gasteiger partial charge in [-0.2, -0.15) is 4.68 Å². The van der Waals surface area contributed by atoms with E-state index in [2.05, 4.69) is 20.8 Å². The molecule has 0 atom stereocenters. The van der Waals surface area contributed by atoms with E-state index in [-0.39, 0.29) is 18.3 Å². The molecule has 150 valence electrons. The normalized spacial score (nSPS) is 10.6. The molecule has 1 N–H and O–H groups in total. The fraction of sp³-hybridized carbons (Fsp3) is 0.250. The van der Waals surface area contributed by atoms with Gasteiger partial charge >= 0.3 is 5.97 Å². The van der Waals surface area contributed by atoms with Crippen molar-refractivity contribution in [1.29, 1.82) is 0 Å². The summed E-state index contributed by atoms with van der Waals surface area (Å²) in [6.07, 6.45) is 0. The van der Waals surface area contributed by atoms with Crippen LogP contribution in [0.3, 0.4) is 0 Å². The van der Waals surface area contributed by atoms with Crippen LogP contribution in [-0.2, 0) is 9.53 Å². The second-order valence-corrected chi connectivity index (χ2v) is 7.16. The zero-order chi connectivity index (χ0) is 20.8. The minimum atomic E-state index is -0.477. The number of para-hydroxylation sites is 2.